The largest absolute Gasteiger partial charge is 0.435 e. The Morgan fingerprint density at radius 1 is 1.39 bits per heavy atom. The van der Waals surface area contributed by atoms with Gasteiger partial charge in [0.15, 0.2) is 5.69 Å². The predicted molar refractivity (Wildman–Crippen MR) is 88.6 cm³/mol. The molecule has 1 N–H and O–H groups in total. The highest BCUT2D eigenvalue weighted by Gasteiger charge is 2.34. The van der Waals surface area contributed by atoms with E-state index in [1.54, 1.807) is 13.0 Å². The molecule has 126 valence electrons. The highest BCUT2D eigenvalue weighted by molar-refractivity contribution is 9.13. The van der Waals surface area contributed by atoms with E-state index in [1.165, 1.54) is 16.0 Å². The Morgan fingerprint density at radius 3 is 2.61 bits per heavy atom. The minimum atomic E-state index is -4.44. The Labute approximate surface area is 151 Å². The topological polar surface area (TPSA) is 46.9 Å². The summed E-state index contributed by atoms with van der Waals surface area (Å²) in [6.07, 6.45) is -3.95. The lowest BCUT2D eigenvalue weighted by Gasteiger charge is -2.06. The highest BCUT2D eigenvalue weighted by Crippen LogP contribution is 2.32. The molecule has 0 bridgehead atoms. The van der Waals surface area contributed by atoms with Crippen LogP contribution < -0.4 is 5.32 Å². The summed E-state index contributed by atoms with van der Waals surface area (Å²) >= 11 is 7.91. The molecule has 23 heavy (non-hydrogen) atoms. The SMILES string of the molecule is Cc1cc(C(F)(F)F)nn1CCCNC(=O)c1cc(Br)c(Br)s1. The standard InChI is InChI=1S/C13H12Br2F3N3OS/c1-7-5-10(13(16,17)18)20-21(7)4-2-3-19-12(22)9-6-8(14)11(15)23-9/h5-6H,2-4H2,1H3,(H,19,22). The molecule has 2 rings (SSSR count). The minimum Gasteiger partial charge on any atom is -0.351 e. The van der Waals surface area contributed by atoms with Crippen molar-refractivity contribution in [2.75, 3.05) is 6.54 Å². The third-order valence-electron chi connectivity index (χ3n) is 2.97. The molecule has 0 radical (unpaired) electrons. The van der Waals surface area contributed by atoms with E-state index in [0.717, 1.165) is 14.3 Å². The second kappa shape index (κ2) is 7.35. The van der Waals surface area contributed by atoms with Crippen molar-refractivity contribution in [2.45, 2.75) is 26.1 Å². The van der Waals surface area contributed by atoms with Crippen LogP contribution in [0.2, 0.25) is 0 Å². The molecule has 0 spiro atoms. The van der Waals surface area contributed by atoms with Gasteiger partial charge in [-0.25, -0.2) is 0 Å². The van der Waals surface area contributed by atoms with Crippen molar-refractivity contribution in [3.63, 3.8) is 0 Å². The van der Waals surface area contributed by atoms with Crippen molar-refractivity contribution in [2.24, 2.45) is 0 Å². The maximum atomic E-state index is 12.6. The molecule has 10 heteroatoms. The van der Waals surface area contributed by atoms with E-state index in [-0.39, 0.29) is 5.91 Å². The number of thiophene rings is 1. The Balaban J connectivity index is 1.84. The first kappa shape index (κ1) is 18.5. The van der Waals surface area contributed by atoms with E-state index in [0.29, 0.717) is 30.1 Å². The van der Waals surface area contributed by atoms with Gasteiger partial charge in [-0.3, -0.25) is 9.48 Å². The van der Waals surface area contributed by atoms with Crippen LogP contribution in [0.15, 0.2) is 20.4 Å². The molecule has 4 nitrogen and oxygen atoms in total. The average molecular weight is 475 g/mol. The first-order chi connectivity index (χ1) is 10.7. The average Bonchev–Trinajstić information content (AvgIpc) is 2.98. The predicted octanol–water partition coefficient (Wildman–Crippen LogP) is 4.62. The normalized spacial score (nSPS) is 11.7. The summed E-state index contributed by atoms with van der Waals surface area (Å²) < 4.78 is 40.6. The molecular weight excluding hydrogens is 463 g/mol. The van der Waals surface area contributed by atoms with Gasteiger partial charge in [-0.05, 0) is 57.3 Å². The fraction of sp³-hybridized carbons (Fsp3) is 0.385. The van der Waals surface area contributed by atoms with Crippen molar-refractivity contribution >= 4 is 49.1 Å². The van der Waals surface area contributed by atoms with Crippen LogP contribution in [0.25, 0.3) is 0 Å². The van der Waals surface area contributed by atoms with Gasteiger partial charge >= 0.3 is 6.18 Å². The van der Waals surface area contributed by atoms with Gasteiger partial charge in [-0.1, -0.05) is 0 Å². The zero-order valence-corrected chi connectivity index (χ0v) is 15.9. The van der Waals surface area contributed by atoms with Gasteiger partial charge in [0.05, 0.1) is 8.66 Å². The van der Waals surface area contributed by atoms with Crippen LogP contribution in [0, 0.1) is 6.92 Å². The summed E-state index contributed by atoms with van der Waals surface area (Å²) in [5, 5.41) is 6.27. The van der Waals surface area contributed by atoms with Gasteiger partial charge in [0.1, 0.15) is 0 Å². The molecule has 2 aromatic rings. The number of halogens is 5. The molecule has 2 heterocycles. The van der Waals surface area contributed by atoms with Gasteiger partial charge < -0.3 is 5.32 Å². The third-order valence-corrected chi connectivity index (χ3v) is 6.23. The monoisotopic (exact) mass is 473 g/mol. The number of nitrogens with one attached hydrogen (secondary N) is 1. The van der Waals surface area contributed by atoms with Gasteiger partial charge in [0.2, 0.25) is 0 Å². The number of hydrogen-bond acceptors (Lipinski definition) is 3. The molecular formula is C13H12Br2F3N3OS. The van der Waals surface area contributed by atoms with E-state index < -0.39 is 11.9 Å². The number of carbonyl (C=O) groups excluding carboxylic acids is 1. The van der Waals surface area contributed by atoms with Crippen LogP contribution in [0.1, 0.15) is 27.5 Å². The third kappa shape index (κ3) is 4.80. The summed E-state index contributed by atoms with van der Waals surface area (Å²) in [4.78, 5) is 12.5. The van der Waals surface area contributed by atoms with Crippen molar-refractivity contribution in [1.29, 1.82) is 0 Å². The highest BCUT2D eigenvalue weighted by atomic mass is 79.9. The Morgan fingerprint density at radius 2 is 2.09 bits per heavy atom. The second-order valence-electron chi connectivity index (χ2n) is 4.73. The number of nitrogens with zero attached hydrogens (tertiary/aromatic N) is 2. The van der Waals surface area contributed by atoms with E-state index in [1.807, 2.05) is 0 Å². The lowest BCUT2D eigenvalue weighted by molar-refractivity contribution is -0.141. The van der Waals surface area contributed by atoms with Gasteiger partial charge in [-0.2, -0.15) is 18.3 Å². The lowest BCUT2D eigenvalue weighted by atomic mass is 10.3. The molecule has 0 atom stereocenters. The van der Waals surface area contributed by atoms with Crippen molar-refractivity contribution in [3.05, 3.63) is 36.7 Å². The number of carbonyl (C=O) groups is 1. The van der Waals surface area contributed by atoms with E-state index in [2.05, 4.69) is 42.3 Å². The Kier molecular flexibility index (Phi) is 5.90. The van der Waals surface area contributed by atoms with Crippen molar-refractivity contribution < 1.29 is 18.0 Å². The first-order valence-corrected chi connectivity index (χ1v) is 8.93. The zero-order valence-electron chi connectivity index (χ0n) is 11.9. The smallest absolute Gasteiger partial charge is 0.351 e. The molecule has 0 unspecified atom stereocenters. The molecule has 0 fully saturated rings. The summed E-state index contributed by atoms with van der Waals surface area (Å²) in [6, 6.07) is 2.72. The number of alkyl halides is 3. The van der Waals surface area contributed by atoms with Crippen molar-refractivity contribution in [3.8, 4) is 0 Å². The van der Waals surface area contributed by atoms with Gasteiger partial charge in [-0.15, -0.1) is 11.3 Å². The summed E-state index contributed by atoms with van der Waals surface area (Å²) in [5.41, 5.74) is -0.456. The van der Waals surface area contributed by atoms with E-state index >= 15 is 0 Å². The summed E-state index contributed by atoms with van der Waals surface area (Å²) in [5.74, 6) is -0.213. The molecule has 0 aromatic carbocycles. The number of aryl methyl sites for hydroxylation is 2. The maximum absolute atomic E-state index is 12.6. The van der Waals surface area contributed by atoms with Crippen LogP contribution in [0.3, 0.4) is 0 Å². The minimum absolute atomic E-state index is 0.213. The number of hydrogen-bond donors (Lipinski definition) is 1. The van der Waals surface area contributed by atoms with Gasteiger partial charge in [0.25, 0.3) is 5.91 Å². The summed E-state index contributed by atoms with van der Waals surface area (Å²) in [7, 11) is 0. The second-order valence-corrected chi connectivity index (χ2v) is 7.96. The van der Waals surface area contributed by atoms with Crippen LogP contribution in [-0.4, -0.2) is 22.2 Å². The van der Waals surface area contributed by atoms with Crippen molar-refractivity contribution in [1.82, 2.24) is 15.1 Å². The van der Waals surface area contributed by atoms with Crippen LogP contribution in [0.5, 0.6) is 0 Å². The van der Waals surface area contributed by atoms with Gasteiger partial charge in [0, 0.05) is 23.3 Å². The molecule has 0 saturated heterocycles. The fourth-order valence-corrected chi connectivity index (χ4v) is 3.80. The first-order valence-electron chi connectivity index (χ1n) is 6.53. The summed E-state index contributed by atoms with van der Waals surface area (Å²) in [6.45, 7) is 2.23. The van der Waals surface area contributed by atoms with Crippen LogP contribution in [-0.2, 0) is 12.7 Å². The molecule has 0 aliphatic heterocycles. The zero-order chi connectivity index (χ0) is 17.2. The number of rotatable bonds is 5. The van der Waals surface area contributed by atoms with E-state index in [9.17, 15) is 18.0 Å². The maximum Gasteiger partial charge on any atom is 0.435 e. The molecule has 1 amide bonds. The lowest BCUT2D eigenvalue weighted by Crippen LogP contribution is -2.24. The molecule has 2 aromatic heterocycles. The molecule has 0 aliphatic rings. The number of aromatic nitrogens is 2. The number of amides is 1. The van der Waals surface area contributed by atoms with Crippen LogP contribution >= 0.6 is 43.2 Å². The molecule has 0 aliphatic carbocycles. The Bertz CT molecular complexity index is 692. The quantitative estimate of drug-likeness (QED) is 0.643. The fourth-order valence-electron chi connectivity index (χ4n) is 1.85. The molecule has 0 saturated carbocycles. The van der Waals surface area contributed by atoms with Crippen LogP contribution in [0.4, 0.5) is 13.2 Å². The Hall–Kier alpha value is -0.870. The van der Waals surface area contributed by atoms with E-state index in [4.69, 9.17) is 0 Å².